The van der Waals surface area contributed by atoms with E-state index in [9.17, 15) is 0 Å². The molecule has 0 bridgehead atoms. The third-order valence-electron chi connectivity index (χ3n) is 11.2. The van der Waals surface area contributed by atoms with Crippen molar-refractivity contribution >= 4 is 0 Å². The van der Waals surface area contributed by atoms with E-state index in [-0.39, 0.29) is 5.48 Å². The average Bonchev–Trinajstić information content (AvgIpc) is 3.05. The number of hydrogen-bond donors (Lipinski definition) is 0. The highest BCUT2D eigenvalue weighted by Crippen LogP contribution is 2.28. The summed E-state index contributed by atoms with van der Waals surface area (Å²) in [7, 11) is 0. The van der Waals surface area contributed by atoms with Gasteiger partial charge in [-0.1, -0.05) is 214 Å². The molecular weight excluding hydrogens is 558 g/mol. The van der Waals surface area contributed by atoms with Gasteiger partial charge in [0, 0.05) is 0 Å². The number of rotatable bonds is 39. The van der Waals surface area contributed by atoms with Gasteiger partial charge in [0.2, 0.25) is 0 Å². The fourth-order valence-corrected chi connectivity index (χ4v) is 8.05. The van der Waals surface area contributed by atoms with Crippen molar-refractivity contribution < 1.29 is 9.96 Å². The number of quaternary nitrogens is 1. The summed E-state index contributed by atoms with van der Waals surface area (Å²) in [5.41, 5.74) is 0. The second kappa shape index (κ2) is 39.4. The summed E-state index contributed by atoms with van der Waals surface area (Å²) in [5.74, 6) is 0. The summed E-state index contributed by atoms with van der Waals surface area (Å²) in [6.45, 7) is 16.3. The number of nitrogens with zero attached hydrogens (tertiary/aromatic N) is 1. The maximum atomic E-state index is 2.46. The Morgan fingerprint density at radius 1 is 0.261 bits per heavy atom. The molecule has 0 aromatic heterocycles. The normalized spacial score (nSPS) is 12.5. The van der Waals surface area contributed by atoms with Crippen LogP contribution in [-0.2, 0) is 0 Å². The van der Waals surface area contributed by atoms with E-state index in [0.29, 0.717) is 0 Å². The molecule has 1 N–H and O–H groups in total. The molecule has 0 spiro atoms. The molecule has 0 fully saturated rings. The standard InChI is InChI=1S/C44H92N.H2O/c1-6-11-15-17-19-21-23-25-27-29-31-33-35-37-40-44(39-10-5)45(41-13-8-3,42-14-9-4)43-38-36-34-32-30-28-26-24-22-20-18-16-12-7-2;/h44H,6-43H2,1-5H3;1H2/q+1;/p-1. The van der Waals surface area contributed by atoms with E-state index in [4.69, 9.17) is 0 Å². The van der Waals surface area contributed by atoms with Crippen molar-refractivity contribution in [2.75, 3.05) is 19.6 Å². The van der Waals surface area contributed by atoms with Crippen molar-refractivity contribution in [1.29, 1.82) is 0 Å². The van der Waals surface area contributed by atoms with Gasteiger partial charge in [0.1, 0.15) is 0 Å². The van der Waals surface area contributed by atoms with Crippen molar-refractivity contribution in [3.05, 3.63) is 0 Å². The first-order valence-electron chi connectivity index (χ1n) is 22.1. The Bertz CT molecular complexity index is 526. The van der Waals surface area contributed by atoms with Crippen LogP contribution in [0.2, 0.25) is 0 Å². The van der Waals surface area contributed by atoms with E-state index in [1.807, 2.05) is 0 Å². The molecule has 0 saturated carbocycles. The van der Waals surface area contributed by atoms with E-state index in [0.717, 1.165) is 6.04 Å². The third-order valence-corrected chi connectivity index (χ3v) is 11.2. The Hall–Kier alpha value is -0.0800. The Labute approximate surface area is 294 Å². The van der Waals surface area contributed by atoms with Crippen LogP contribution in [-0.4, -0.2) is 35.6 Å². The highest BCUT2D eigenvalue weighted by Gasteiger charge is 2.34. The van der Waals surface area contributed by atoms with Gasteiger partial charge in [-0.25, -0.2) is 0 Å². The van der Waals surface area contributed by atoms with Gasteiger partial charge in [-0.3, -0.25) is 0 Å². The molecule has 0 amide bonds. The first-order valence-corrected chi connectivity index (χ1v) is 22.1. The minimum absolute atomic E-state index is 0. The van der Waals surface area contributed by atoms with Gasteiger partial charge in [0.15, 0.2) is 0 Å². The first-order chi connectivity index (χ1) is 22.2. The molecule has 2 heteroatoms. The second-order valence-corrected chi connectivity index (χ2v) is 15.5. The van der Waals surface area contributed by atoms with Crippen molar-refractivity contribution in [2.24, 2.45) is 0 Å². The zero-order chi connectivity index (χ0) is 32.9. The summed E-state index contributed by atoms with van der Waals surface area (Å²) in [4.78, 5) is 0. The molecule has 0 aliphatic heterocycles. The Balaban J connectivity index is 0. The van der Waals surface area contributed by atoms with Crippen molar-refractivity contribution in [3.8, 4) is 0 Å². The van der Waals surface area contributed by atoms with E-state index in [1.54, 1.807) is 0 Å². The highest BCUT2D eigenvalue weighted by atomic mass is 16.0. The van der Waals surface area contributed by atoms with Crippen LogP contribution in [0.5, 0.6) is 0 Å². The largest absolute Gasteiger partial charge is 0.870 e. The Kier molecular flexibility index (Phi) is 41.1. The van der Waals surface area contributed by atoms with Crippen LogP contribution in [0.4, 0.5) is 0 Å². The summed E-state index contributed by atoms with van der Waals surface area (Å²) in [5, 5.41) is 0. The van der Waals surface area contributed by atoms with Crippen molar-refractivity contribution in [1.82, 2.24) is 0 Å². The lowest BCUT2D eigenvalue weighted by Gasteiger charge is -2.46. The predicted molar refractivity (Wildman–Crippen MR) is 211 cm³/mol. The van der Waals surface area contributed by atoms with Crippen molar-refractivity contribution in [2.45, 2.75) is 265 Å². The summed E-state index contributed by atoms with van der Waals surface area (Å²) in [6.07, 6.45) is 51.1. The van der Waals surface area contributed by atoms with E-state index in [1.165, 1.54) is 249 Å². The van der Waals surface area contributed by atoms with Gasteiger partial charge in [-0.05, 0) is 44.9 Å². The lowest BCUT2D eigenvalue weighted by molar-refractivity contribution is -0.952. The van der Waals surface area contributed by atoms with Gasteiger partial charge in [-0.15, -0.1) is 0 Å². The maximum Gasteiger partial charge on any atom is 0.0890 e. The molecule has 1 unspecified atom stereocenters. The SMILES string of the molecule is CCCCCCCCCCCCCCCCC(CCC)[N+](CCCC)(CCCC)CCCCCCCCCCCCCCCC.[OH-]. The molecule has 0 heterocycles. The van der Waals surface area contributed by atoms with E-state index >= 15 is 0 Å². The average molecular weight is 652 g/mol. The predicted octanol–water partition coefficient (Wildman–Crippen LogP) is 15.7. The quantitative estimate of drug-likeness (QED) is 0.0480. The Morgan fingerprint density at radius 2 is 0.522 bits per heavy atom. The molecular formula is C44H93NO. The fraction of sp³-hybridized carbons (Fsp3) is 1.00. The van der Waals surface area contributed by atoms with Gasteiger partial charge in [0.05, 0.1) is 25.7 Å². The molecule has 46 heavy (non-hydrogen) atoms. The summed E-state index contributed by atoms with van der Waals surface area (Å²) >= 11 is 0. The summed E-state index contributed by atoms with van der Waals surface area (Å²) in [6, 6.07) is 0.924. The first kappa shape index (κ1) is 48.0. The zero-order valence-corrected chi connectivity index (χ0v) is 33.3. The molecule has 1 atom stereocenters. The highest BCUT2D eigenvalue weighted by molar-refractivity contribution is 4.65. The molecule has 0 aromatic rings. The van der Waals surface area contributed by atoms with Crippen molar-refractivity contribution in [3.63, 3.8) is 0 Å². The zero-order valence-electron chi connectivity index (χ0n) is 33.3. The molecule has 0 rings (SSSR count). The minimum Gasteiger partial charge on any atom is -0.870 e. The molecule has 0 aromatic carbocycles. The van der Waals surface area contributed by atoms with Crippen LogP contribution in [0.15, 0.2) is 0 Å². The van der Waals surface area contributed by atoms with Gasteiger partial charge in [-0.2, -0.15) is 0 Å². The van der Waals surface area contributed by atoms with E-state index < -0.39 is 0 Å². The minimum atomic E-state index is 0. The third kappa shape index (κ3) is 30.0. The smallest absolute Gasteiger partial charge is 0.0890 e. The van der Waals surface area contributed by atoms with Crippen LogP contribution in [0.25, 0.3) is 0 Å². The van der Waals surface area contributed by atoms with E-state index in [2.05, 4.69) is 34.6 Å². The molecule has 0 aliphatic carbocycles. The Morgan fingerprint density at radius 3 is 0.826 bits per heavy atom. The second-order valence-electron chi connectivity index (χ2n) is 15.5. The number of unbranched alkanes of at least 4 members (excludes halogenated alkanes) is 28. The van der Waals surface area contributed by atoms with Crippen LogP contribution in [0, 0.1) is 0 Å². The fourth-order valence-electron chi connectivity index (χ4n) is 8.05. The molecule has 0 radical (unpaired) electrons. The number of hydrogen-bond acceptors (Lipinski definition) is 1. The van der Waals surface area contributed by atoms with Crippen LogP contribution in [0.1, 0.15) is 259 Å². The van der Waals surface area contributed by atoms with Gasteiger partial charge < -0.3 is 9.96 Å². The maximum absolute atomic E-state index is 2.46. The summed E-state index contributed by atoms with van der Waals surface area (Å²) < 4.78 is 1.48. The monoisotopic (exact) mass is 652 g/mol. The van der Waals surface area contributed by atoms with Crippen LogP contribution >= 0.6 is 0 Å². The van der Waals surface area contributed by atoms with Gasteiger partial charge >= 0.3 is 0 Å². The molecule has 2 nitrogen and oxygen atoms in total. The lowest BCUT2D eigenvalue weighted by Crippen LogP contribution is -2.57. The lowest BCUT2D eigenvalue weighted by atomic mass is 9.96. The van der Waals surface area contributed by atoms with Gasteiger partial charge in [0.25, 0.3) is 0 Å². The van der Waals surface area contributed by atoms with Crippen LogP contribution < -0.4 is 0 Å². The molecule has 0 aliphatic rings. The topological polar surface area (TPSA) is 30.0 Å². The van der Waals surface area contributed by atoms with Crippen LogP contribution in [0.3, 0.4) is 0 Å². The molecule has 0 saturated heterocycles. The molecule has 280 valence electrons.